The number of rotatable bonds is 5. The van der Waals surface area contributed by atoms with E-state index in [1.54, 1.807) is 12.1 Å². The molecule has 2 aromatic heterocycles. The molecule has 0 aliphatic carbocycles. The lowest BCUT2D eigenvalue weighted by molar-refractivity contribution is -0.608. The van der Waals surface area contributed by atoms with E-state index < -0.39 is 5.97 Å². The normalized spacial score (nSPS) is 10.8. The highest BCUT2D eigenvalue weighted by molar-refractivity contribution is 7.13. The van der Waals surface area contributed by atoms with Crippen molar-refractivity contribution in [1.82, 2.24) is 4.98 Å². The van der Waals surface area contributed by atoms with Crippen LogP contribution in [0.15, 0.2) is 54.0 Å². The van der Waals surface area contributed by atoms with E-state index in [0.29, 0.717) is 16.3 Å². The summed E-state index contributed by atoms with van der Waals surface area (Å²) in [5.41, 5.74) is 2.94. The van der Waals surface area contributed by atoms with E-state index in [1.807, 2.05) is 17.5 Å². The van der Waals surface area contributed by atoms with Crippen molar-refractivity contribution in [3.05, 3.63) is 76.2 Å². The Morgan fingerprint density at radius 1 is 1.24 bits per heavy atom. The first-order chi connectivity index (χ1) is 12.0. The van der Waals surface area contributed by atoms with Gasteiger partial charge in [0.05, 0.1) is 5.69 Å². The van der Waals surface area contributed by atoms with E-state index in [2.05, 4.69) is 31.0 Å². The lowest BCUT2D eigenvalue weighted by atomic mass is 10.0. The Labute approximate surface area is 150 Å². The van der Waals surface area contributed by atoms with Gasteiger partial charge in [0.1, 0.15) is 11.6 Å². The molecule has 6 heteroatoms. The second kappa shape index (κ2) is 7.44. The summed E-state index contributed by atoms with van der Waals surface area (Å²) in [7, 11) is 0. The molecule has 0 saturated heterocycles. The van der Waals surface area contributed by atoms with Gasteiger partial charge in [-0.25, -0.2) is 9.78 Å². The van der Waals surface area contributed by atoms with Crippen molar-refractivity contribution in [1.29, 1.82) is 0 Å². The molecule has 0 atom stereocenters. The van der Waals surface area contributed by atoms with Crippen molar-refractivity contribution in [2.75, 3.05) is 0 Å². The lowest BCUT2D eigenvalue weighted by Gasteiger charge is -2.05. The molecule has 1 aromatic carbocycles. The third-order valence-electron chi connectivity index (χ3n) is 3.76. The zero-order chi connectivity index (χ0) is 17.8. The number of pyridine rings is 1. The molecule has 0 N–H and O–H groups in total. The SMILES string of the molecule is CC(C)c1ccc(-c2nc(COC(=O)c3cccc[n+]3[O-])cs2)cc1. The molecule has 0 amide bonds. The highest BCUT2D eigenvalue weighted by Gasteiger charge is 2.17. The van der Waals surface area contributed by atoms with E-state index in [1.165, 1.54) is 29.2 Å². The summed E-state index contributed by atoms with van der Waals surface area (Å²) in [4.78, 5) is 16.4. The summed E-state index contributed by atoms with van der Waals surface area (Å²) in [6, 6.07) is 12.9. The van der Waals surface area contributed by atoms with Gasteiger partial charge in [-0.1, -0.05) is 38.1 Å². The Morgan fingerprint density at radius 2 is 2.00 bits per heavy atom. The standard InChI is InChI=1S/C19H18N2O3S/c1-13(2)14-6-8-15(9-7-14)18-20-16(12-25-18)11-24-19(22)17-5-3-4-10-21(17)23/h3-10,12-13H,11H2,1-2H3. The molecular weight excluding hydrogens is 336 g/mol. The Kier molecular flexibility index (Phi) is 5.09. The first-order valence-electron chi connectivity index (χ1n) is 7.94. The summed E-state index contributed by atoms with van der Waals surface area (Å²) >= 11 is 1.50. The second-order valence-electron chi connectivity index (χ2n) is 5.91. The highest BCUT2D eigenvalue weighted by atomic mass is 32.1. The molecule has 0 saturated carbocycles. The molecule has 0 aliphatic rings. The second-order valence-corrected chi connectivity index (χ2v) is 6.77. The fraction of sp³-hybridized carbons (Fsp3) is 0.211. The van der Waals surface area contributed by atoms with Crippen LogP contribution in [-0.2, 0) is 11.3 Å². The average molecular weight is 354 g/mol. The van der Waals surface area contributed by atoms with Crippen molar-refractivity contribution in [3.8, 4) is 10.6 Å². The highest BCUT2D eigenvalue weighted by Crippen LogP contribution is 2.26. The predicted octanol–water partition coefficient (Wildman–Crippen LogP) is 3.92. The van der Waals surface area contributed by atoms with Crippen molar-refractivity contribution in [2.24, 2.45) is 0 Å². The lowest BCUT2D eigenvalue weighted by Crippen LogP contribution is -2.34. The van der Waals surface area contributed by atoms with Crippen molar-refractivity contribution < 1.29 is 14.3 Å². The minimum Gasteiger partial charge on any atom is -0.618 e. The van der Waals surface area contributed by atoms with Gasteiger partial charge < -0.3 is 9.94 Å². The predicted molar refractivity (Wildman–Crippen MR) is 96.2 cm³/mol. The number of carbonyl (C=O) groups excluding carboxylic acids is 1. The largest absolute Gasteiger partial charge is 0.618 e. The van der Waals surface area contributed by atoms with E-state index >= 15 is 0 Å². The molecule has 3 rings (SSSR count). The van der Waals surface area contributed by atoms with Gasteiger partial charge in [0.15, 0.2) is 6.20 Å². The van der Waals surface area contributed by atoms with Gasteiger partial charge >= 0.3 is 11.7 Å². The molecule has 5 nitrogen and oxygen atoms in total. The minimum atomic E-state index is -0.661. The van der Waals surface area contributed by atoms with Gasteiger partial charge in [-0.3, -0.25) is 0 Å². The quantitative estimate of drug-likeness (QED) is 0.396. The van der Waals surface area contributed by atoms with Crippen LogP contribution in [0.1, 0.15) is 41.5 Å². The summed E-state index contributed by atoms with van der Waals surface area (Å²) in [5, 5.41) is 14.3. The van der Waals surface area contributed by atoms with Crippen molar-refractivity contribution in [3.63, 3.8) is 0 Å². The molecule has 2 heterocycles. The maximum atomic E-state index is 11.9. The van der Waals surface area contributed by atoms with Crippen LogP contribution in [0.5, 0.6) is 0 Å². The van der Waals surface area contributed by atoms with E-state index in [9.17, 15) is 10.0 Å². The van der Waals surface area contributed by atoms with Crippen LogP contribution in [0.25, 0.3) is 10.6 Å². The van der Waals surface area contributed by atoms with Crippen LogP contribution >= 0.6 is 11.3 Å². The zero-order valence-corrected chi connectivity index (χ0v) is 14.8. The molecule has 0 unspecified atom stereocenters. The number of esters is 1. The summed E-state index contributed by atoms with van der Waals surface area (Å²) in [6.07, 6.45) is 1.26. The fourth-order valence-corrected chi connectivity index (χ4v) is 3.13. The first-order valence-corrected chi connectivity index (χ1v) is 8.82. The fourth-order valence-electron chi connectivity index (χ4n) is 2.32. The number of aromatic nitrogens is 2. The molecule has 0 radical (unpaired) electrons. The van der Waals surface area contributed by atoms with Crippen LogP contribution in [0, 0.1) is 5.21 Å². The number of hydrogen-bond donors (Lipinski definition) is 0. The average Bonchev–Trinajstić information content (AvgIpc) is 3.09. The van der Waals surface area contributed by atoms with Crippen LogP contribution in [0.3, 0.4) is 0 Å². The molecule has 0 aliphatic heterocycles. The molecule has 128 valence electrons. The summed E-state index contributed by atoms with van der Waals surface area (Å²) < 4.78 is 5.67. The van der Waals surface area contributed by atoms with Gasteiger partial charge in [-0.15, -0.1) is 11.3 Å². The van der Waals surface area contributed by atoms with Gasteiger partial charge in [0, 0.05) is 23.1 Å². The Morgan fingerprint density at radius 3 is 2.68 bits per heavy atom. The minimum absolute atomic E-state index is 0.0360. The molecule has 0 spiro atoms. The Balaban J connectivity index is 1.66. The number of carbonyl (C=O) groups is 1. The summed E-state index contributed by atoms with van der Waals surface area (Å²) in [5.74, 6) is -0.173. The van der Waals surface area contributed by atoms with Crippen LogP contribution in [0.4, 0.5) is 0 Å². The number of nitrogens with zero attached hydrogens (tertiary/aromatic N) is 2. The molecule has 25 heavy (non-hydrogen) atoms. The third-order valence-corrected chi connectivity index (χ3v) is 4.70. The van der Waals surface area contributed by atoms with E-state index in [4.69, 9.17) is 4.74 Å². The maximum absolute atomic E-state index is 11.9. The third kappa shape index (κ3) is 4.03. The number of ether oxygens (including phenoxy) is 1. The number of benzene rings is 1. The smallest absolute Gasteiger partial charge is 0.405 e. The molecular formula is C19H18N2O3S. The molecule has 0 bridgehead atoms. The topological polar surface area (TPSA) is 66.1 Å². The molecule has 0 fully saturated rings. The van der Waals surface area contributed by atoms with Gasteiger partial charge in [0.2, 0.25) is 0 Å². The van der Waals surface area contributed by atoms with Crippen LogP contribution < -0.4 is 4.73 Å². The van der Waals surface area contributed by atoms with Crippen molar-refractivity contribution >= 4 is 17.3 Å². The Hall–Kier alpha value is -2.73. The van der Waals surface area contributed by atoms with E-state index in [-0.39, 0.29) is 12.3 Å². The van der Waals surface area contributed by atoms with Gasteiger partial charge in [-0.05, 0) is 17.5 Å². The zero-order valence-electron chi connectivity index (χ0n) is 14.0. The molecule has 3 aromatic rings. The van der Waals surface area contributed by atoms with Crippen molar-refractivity contribution in [2.45, 2.75) is 26.4 Å². The maximum Gasteiger partial charge on any atom is 0.405 e. The van der Waals surface area contributed by atoms with Gasteiger partial charge in [0.25, 0.3) is 0 Å². The van der Waals surface area contributed by atoms with Crippen LogP contribution in [0.2, 0.25) is 0 Å². The first kappa shape index (κ1) is 17.1. The summed E-state index contributed by atoms with van der Waals surface area (Å²) in [6.45, 7) is 4.35. The number of thiazole rings is 1. The monoisotopic (exact) mass is 354 g/mol. The van der Waals surface area contributed by atoms with E-state index in [0.717, 1.165) is 10.6 Å². The Bertz CT molecular complexity index is 872. The number of hydrogen-bond acceptors (Lipinski definition) is 5. The van der Waals surface area contributed by atoms with Crippen LogP contribution in [-0.4, -0.2) is 11.0 Å². The van der Waals surface area contributed by atoms with Gasteiger partial charge in [-0.2, -0.15) is 4.73 Å².